The minimum atomic E-state index is -1.22. The average molecular weight is 492 g/mol. The molecule has 34 heavy (non-hydrogen) atoms. The van der Waals surface area contributed by atoms with Crippen molar-refractivity contribution in [1.29, 1.82) is 0 Å². The van der Waals surface area contributed by atoms with E-state index in [1.807, 2.05) is 24.3 Å². The van der Waals surface area contributed by atoms with Crippen LogP contribution in [0.5, 0.6) is 0 Å². The Morgan fingerprint density at radius 1 is 1.21 bits per heavy atom. The molecule has 2 heterocycles. The van der Waals surface area contributed by atoms with Gasteiger partial charge < -0.3 is 36.5 Å². The zero-order valence-electron chi connectivity index (χ0n) is 18.4. The lowest BCUT2D eigenvalue weighted by molar-refractivity contribution is -0.144. The summed E-state index contributed by atoms with van der Waals surface area (Å²) in [7, 11) is 0. The largest absolute Gasteiger partial charge is 0.480 e. The third kappa shape index (κ3) is 5.69. The van der Waals surface area contributed by atoms with Gasteiger partial charge in [0, 0.05) is 35.8 Å². The highest BCUT2D eigenvalue weighted by Gasteiger charge is 2.39. The van der Waals surface area contributed by atoms with E-state index < -0.39 is 54.5 Å². The van der Waals surface area contributed by atoms with E-state index in [-0.39, 0.29) is 18.7 Å². The van der Waals surface area contributed by atoms with Gasteiger partial charge in [-0.25, -0.2) is 4.79 Å². The minimum Gasteiger partial charge on any atom is -0.480 e. The van der Waals surface area contributed by atoms with Gasteiger partial charge in [0.1, 0.15) is 24.2 Å². The number of aromatic nitrogens is 1. The number of likely N-dealkylation sites (tertiary alicyclic amines) is 1. The highest BCUT2D eigenvalue weighted by molar-refractivity contribution is 7.80. The van der Waals surface area contributed by atoms with Gasteiger partial charge >= 0.3 is 5.97 Å². The van der Waals surface area contributed by atoms with E-state index in [1.165, 1.54) is 4.90 Å². The first-order valence-corrected chi connectivity index (χ1v) is 11.6. The highest BCUT2D eigenvalue weighted by atomic mass is 32.1. The van der Waals surface area contributed by atoms with Crippen molar-refractivity contribution in [3.63, 3.8) is 0 Å². The van der Waals surface area contributed by atoms with Crippen LogP contribution in [0.1, 0.15) is 18.4 Å². The molecular weight excluding hydrogens is 462 g/mol. The zero-order valence-corrected chi connectivity index (χ0v) is 19.3. The SMILES string of the molecule is NC(CO)C(=O)NC(Cc1c[nH]c2ccccc12)C(=O)N1CCCC1C(=O)NC(CS)C(=O)O. The predicted molar refractivity (Wildman–Crippen MR) is 127 cm³/mol. The van der Waals surface area contributed by atoms with Gasteiger partial charge in [-0.2, -0.15) is 12.6 Å². The molecule has 1 aliphatic rings. The fourth-order valence-corrected chi connectivity index (χ4v) is 4.29. The summed E-state index contributed by atoms with van der Waals surface area (Å²) >= 11 is 3.95. The Morgan fingerprint density at radius 2 is 1.94 bits per heavy atom. The quantitative estimate of drug-likeness (QED) is 0.208. The Hall–Kier alpha value is -3.09. The molecule has 1 aliphatic heterocycles. The van der Waals surface area contributed by atoms with Crippen LogP contribution in [0.25, 0.3) is 10.9 Å². The fraction of sp³-hybridized carbons (Fsp3) is 0.455. The monoisotopic (exact) mass is 491 g/mol. The number of benzene rings is 1. The Labute approximate surface area is 201 Å². The van der Waals surface area contributed by atoms with Crippen LogP contribution < -0.4 is 16.4 Å². The fourth-order valence-electron chi connectivity index (χ4n) is 4.04. The number of rotatable bonds is 10. The second-order valence-corrected chi connectivity index (χ2v) is 8.55. The van der Waals surface area contributed by atoms with E-state index in [2.05, 4.69) is 28.2 Å². The summed E-state index contributed by atoms with van der Waals surface area (Å²) in [5.74, 6) is -3.08. The number of H-pyrrole nitrogens is 1. The number of carboxylic acids is 1. The van der Waals surface area contributed by atoms with E-state index in [0.717, 1.165) is 16.5 Å². The van der Waals surface area contributed by atoms with Crippen molar-refractivity contribution in [3.05, 3.63) is 36.0 Å². The van der Waals surface area contributed by atoms with Crippen LogP contribution in [0.4, 0.5) is 0 Å². The molecule has 1 aromatic heterocycles. The van der Waals surface area contributed by atoms with Crippen molar-refractivity contribution in [2.45, 2.75) is 43.4 Å². The Morgan fingerprint density at radius 3 is 2.62 bits per heavy atom. The summed E-state index contributed by atoms with van der Waals surface area (Å²) in [6.45, 7) is -0.309. The summed E-state index contributed by atoms with van der Waals surface area (Å²) in [5, 5.41) is 24.4. The van der Waals surface area contributed by atoms with E-state index in [9.17, 15) is 29.4 Å². The van der Waals surface area contributed by atoms with Crippen LogP contribution in [-0.2, 0) is 25.6 Å². The number of aromatic amines is 1. The maximum absolute atomic E-state index is 13.5. The van der Waals surface area contributed by atoms with Crippen molar-refractivity contribution in [1.82, 2.24) is 20.5 Å². The number of nitrogens with one attached hydrogen (secondary N) is 3. The molecule has 12 heteroatoms. The van der Waals surface area contributed by atoms with E-state index >= 15 is 0 Å². The molecule has 11 nitrogen and oxygen atoms in total. The van der Waals surface area contributed by atoms with Crippen LogP contribution in [0.3, 0.4) is 0 Å². The third-order valence-electron chi connectivity index (χ3n) is 5.88. The summed E-state index contributed by atoms with van der Waals surface area (Å²) in [6.07, 6.45) is 2.79. The molecule has 0 radical (unpaired) electrons. The summed E-state index contributed by atoms with van der Waals surface area (Å²) in [6, 6.07) is 3.20. The lowest BCUT2D eigenvalue weighted by Gasteiger charge is -2.29. The Balaban J connectivity index is 1.83. The summed E-state index contributed by atoms with van der Waals surface area (Å²) in [5.41, 5.74) is 7.29. The topological polar surface area (TPSA) is 178 Å². The van der Waals surface area contributed by atoms with Crippen LogP contribution >= 0.6 is 12.6 Å². The number of hydrogen-bond acceptors (Lipinski definition) is 7. The summed E-state index contributed by atoms with van der Waals surface area (Å²) < 4.78 is 0. The summed E-state index contributed by atoms with van der Waals surface area (Å²) in [4.78, 5) is 54.5. The van der Waals surface area contributed by atoms with Gasteiger partial charge in [0.05, 0.1) is 6.61 Å². The van der Waals surface area contributed by atoms with E-state index in [1.54, 1.807) is 6.20 Å². The smallest absolute Gasteiger partial charge is 0.327 e. The first-order chi connectivity index (χ1) is 16.3. The van der Waals surface area contributed by atoms with Crippen molar-refractivity contribution < 1.29 is 29.4 Å². The molecule has 3 amide bonds. The number of carboxylic acid groups (broad SMARTS) is 1. The van der Waals surface area contributed by atoms with Gasteiger partial charge in [0.15, 0.2) is 0 Å². The van der Waals surface area contributed by atoms with Crippen LogP contribution in [0, 0.1) is 0 Å². The number of nitrogens with two attached hydrogens (primary N) is 1. The van der Waals surface area contributed by atoms with Crippen molar-refractivity contribution in [3.8, 4) is 0 Å². The van der Waals surface area contributed by atoms with Gasteiger partial charge in [0.2, 0.25) is 17.7 Å². The maximum atomic E-state index is 13.5. The molecule has 7 N–H and O–H groups in total. The minimum absolute atomic E-state index is 0.0972. The lowest BCUT2D eigenvalue weighted by atomic mass is 10.0. The van der Waals surface area contributed by atoms with Gasteiger partial charge in [-0.15, -0.1) is 0 Å². The van der Waals surface area contributed by atoms with Crippen molar-refractivity contribution in [2.75, 3.05) is 18.9 Å². The first kappa shape index (κ1) is 25.5. The number of thiol groups is 1. The average Bonchev–Trinajstić information content (AvgIpc) is 3.48. The number of hydrogen-bond donors (Lipinski definition) is 7. The predicted octanol–water partition coefficient (Wildman–Crippen LogP) is -0.995. The Kier molecular flexibility index (Phi) is 8.53. The van der Waals surface area contributed by atoms with Crippen LogP contribution in [0.2, 0.25) is 0 Å². The molecule has 1 aromatic carbocycles. The first-order valence-electron chi connectivity index (χ1n) is 10.9. The number of aliphatic hydroxyl groups is 1. The molecule has 1 saturated heterocycles. The normalized spacial score (nSPS) is 18.3. The zero-order chi connectivity index (χ0) is 24.8. The molecule has 4 unspecified atom stereocenters. The highest BCUT2D eigenvalue weighted by Crippen LogP contribution is 2.23. The third-order valence-corrected chi connectivity index (χ3v) is 6.25. The number of amides is 3. The maximum Gasteiger partial charge on any atom is 0.327 e. The molecule has 3 rings (SSSR count). The molecule has 0 aliphatic carbocycles. The number of aliphatic carboxylic acids is 1. The van der Waals surface area contributed by atoms with Crippen molar-refractivity contribution >= 4 is 47.2 Å². The molecule has 0 spiro atoms. The molecule has 4 atom stereocenters. The molecule has 0 saturated carbocycles. The molecule has 1 fully saturated rings. The van der Waals surface area contributed by atoms with E-state index in [4.69, 9.17) is 5.73 Å². The van der Waals surface area contributed by atoms with Crippen LogP contribution in [0.15, 0.2) is 30.5 Å². The number of para-hydroxylation sites is 1. The van der Waals surface area contributed by atoms with Gasteiger partial charge in [-0.1, -0.05) is 18.2 Å². The van der Waals surface area contributed by atoms with Crippen molar-refractivity contribution in [2.24, 2.45) is 5.73 Å². The lowest BCUT2D eigenvalue weighted by Crippen LogP contribution is -2.57. The van der Waals surface area contributed by atoms with Gasteiger partial charge in [0.25, 0.3) is 0 Å². The molecule has 0 bridgehead atoms. The molecule has 2 aromatic rings. The number of fused-ring (bicyclic) bond motifs is 1. The number of aliphatic hydroxyl groups excluding tert-OH is 1. The second kappa shape index (κ2) is 11.4. The standard InChI is InChI=1S/C22H29N5O6S/c23-14(10-28)19(29)25-16(8-12-9-24-15-5-2-1-4-13(12)15)21(31)27-7-3-6-18(27)20(30)26-17(11-34)22(32)33/h1-2,4-5,9,14,16-18,24,28,34H,3,6-8,10-11,23H2,(H,25,29)(H,26,30)(H,32,33). The number of carbonyl (C=O) groups is 4. The second-order valence-electron chi connectivity index (χ2n) is 8.19. The Bertz CT molecular complexity index is 1060. The molecular formula is C22H29N5O6S. The molecule has 184 valence electrons. The number of carbonyl (C=O) groups excluding carboxylic acids is 3. The number of nitrogens with zero attached hydrogens (tertiary/aromatic N) is 1. The van der Waals surface area contributed by atoms with Gasteiger partial charge in [-0.05, 0) is 24.5 Å². The van der Waals surface area contributed by atoms with E-state index in [0.29, 0.717) is 12.8 Å². The van der Waals surface area contributed by atoms with Gasteiger partial charge in [-0.3, -0.25) is 14.4 Å². The van der Waals surface area contributed by atoms with Crippen LogP contribution in [-0.4, -0.2) is 86.9 Å².